The van der Waals surface area contributed by atoms with Gasteiger partial charge >= 0.3 is 13.8 Å². The fourth-order valence-electron chi connectivity index (χ4n) is 2.74. The quantitative estimate of drug-likeness (QED) is 0.102. The molecule has 178 valence electrons. The second kappa shape index (κ2) is 20.2. The molecule has 0 saturated carbocycles. The first-order chi connectivity index (χ1) is 14.4. The molecule has 0 saturated heterocycles. The summed E-state index contributed by atoms with van der Waals surface area (Å²) in [5.41, 5.74) is 5.18. The van der Waals surface area contributed by atoms with Crippen LogP contribution in [0, 0.1) is 0 Å². The third kappa shape index (κ3) is 19.2. The third-order valence-corrected chi connectivity index (χ3v) is 5.42. The van der Waals surface area contributed by atoms with Crippen LogP contribution >= 0.6 is 7.82 Å². The van der Waals surface area contributed by atoms with Crippen LogP contribution in [0.15, 0.2) is 12.2 Å². The Balaban J connectivity index is 3.69. The Kier molecular flexibility index (Phi) is 19.6. The highest BCUT2D eigenvalue weighted by molar-refractivity contribution is 7.47. The van der Waals surface area contributed by atoms with Gasteiger partial charge in [0.1, 0.15) is 6.10 Å². The molecule has 4 N–H and O–H groups in total. The number of unbranched alkanes of at least 4 members (excludes halogenated alkanes) is 9. The Hall–Kier alpha value is -0.760. The van der Waals surface area contributed by atoms with Gasteiger partial charge < -0.3 is 20.5 Å². The maximum Gasteiger partial charge on any atom is 0.472 e. The van der Waals surface area contributed by atoms with Crippen molar-refractivity contribution in [2.45, 2.75) is 90.1 Å². The number of hydrogen-bond acceptors (Lipinski definition) is 7. The number of aliphatic hydroxyl groups excluding tert-OH is 1. The van der Waals surface area contributed by atoms with Crippen LogP contribution in [-0.4, -0.2) is 48.4 Å². The van der Waals surface area contributed by atoms with Gasteiger partial charge in [0.15, 0.2) is 0 Å². The molecule has 0 radical (unpaired) electrons. The molecule has 0 aliphatic carbocycles. The van der Waals surface area contributed by atoms with Crippen molar-refractivity contribution in [3.8, 4) is 0 Å². The largest absolute Gasteiger partial charge is 0.472 e. The van der Waals surface area contributed by atoms with Crippen molar-refractivity contribution in [1.82, 2.24) is 0 Å². The van der Waals surface area contributed by atoms with Gasteiger partial charge in [-0.2, -0.15) is 0 Å². The number of allylic oxidation sites excluding steroid dienone is 2. The van der Waals surface area contributed by atoms with Gasteiger partial charge in [-0.15, -0.1) is 0 Å². The second-order valence-electron chi connectivity index (χ2n) is 7.31. The number of phosphoric acid groups is 1. The molecule has 30 heavy (non-hydrogen) atoms. The van der Waals surface area contributed by atoms with Crippen molar-refractivity contribution in [3.05, 3.63) is 12.2 Å². The summed E-state index contributed by atoms with van der Waals surface area (Å²) in [6.45, 7) is 1.23. The van der Waals surface area contributed by atoms with Crippen molar-refractivity contribution in [2.75, 3.05) is 26.4 Å². The summed E-state index contributed by atoms with van der Waals surface area (Å²) in [6.07, 6.45) is 16.3. The van der Waals surface area contributed by atoms with E-state index < -0.39 is 33.1 Å². The zero-order chi connectivity index (χ0) is 22.5. The number of nitrogens with two attached hydrogens (primary N) is 1. The van der Waals surface area contributed by atoms with E-state index in [1.54, 1.807) is 0 Å². The molecule has 2 atom stereocenters. The topological polar surface area (TPSA) is 128 Å². The standard InChI is InChI=1S/C21H42NO7P/c1-2-3-4-5-6-7-8-9-10-11-12-13-14-15-21(24)29-20(18-23)19-28-30(25,26)27-17-16-22/h7-8,20,23H,2-6,9-19,22H2,1H3,(H,25,26). The second-order valence-corrected chi connectivity index (χ2v) is 8.76. The summed E-state index contributed by atoms with van der Waals surface area (Å²) in [5.74, 6) is -0.459. The smallest absolute Gasteiger partial charge is 0.457 e. The third-order valence-electron chi connectivity index (χ3n) is 4.44. The molecule has 0 aliphatic heterocycles. The van der Waals surface area contributed by atoms with Crippen LogP contribution in [0.3, 0.4) is 0 Å². The average Bonchev–Trinajstić information content (AvgIpc) is 2.73. The van der Waals surface area contributed by atoms with E-state index in [1.165, 1.54) is 32.1 Å². The highest BCUT2D eigenvalue weighted by Crippen LogP contribution is 2.42. The molecular formula is C21H42NO7P. The summed E-state index contributed by atoms with van der Waals surface area (Å²) < 4.78 is 25.9. The summed E-state index contributed by atoms with van der Waals surface area (Å²) in [7, 11) is -4.26. The lowest BCUT2D eigenvalue weighted by Gasteiger charge is -2.17. The number of ether oxygens (including phenoxy) is 1. The minimum absolute atomic E-state index is 0.0716. The normalized spacial score (nSPS) is 14.7. The molecule has 0 rings (SSSR count). The Labute approximate surface area is 181 Å². The highest BCUT2D eigenvalue weighted by atomic mass is 31.2. The number of carbonyl (C=O) groups is 1. The molecular weight excluding hydrogens is 409 g/mol. The van der Waals surface area contributed by atoms with E-state index >= 15 is 0 Å². The van der Waals surface area contributed by atoms with Crippen LogP contribution in [0.25, 0.3) is 0 Å². The zero-order valence-electron chi connectivity index (χ0n) is 18.5. The van der Waals surface area contributed by atoms with Gasteiger partial charge in [-0.25, -0.2) is 4.57 Å². The summed E-state index contributed by atoms with van der Waals surface area (Å²) >= 11 is 0. The number of aliphatic hydroxyl groups is 1. The van der Waals surface area contributed by atoms with Crippen LogP contribution in [0.5, 0.6) is 0 Å². The molecule has 0 aromatic rings. The first kappa shape index (κ1) is 29.2. The maximum absolute atomic E-state index is 11.8. The number of phosphoric ester groups is 1. The van der Waals surface area contributed by atoms with Crippen molar-refractivity contribution in [3.63, 3.8) is 0 Å². The number of rotatable bonds is 21. The maximum atomic E-state index is 11.8. The van der Waals surface area contributed by atoms with E-state index in [-0.39, 0.29) is 19.6 Å². The molecule has 0 spiro atoms. The lowest BCUT2D eigenvalue weighted by molar-refractivity contribution is -0.153. The van der Waals surface area contributed by atoms with Gasteiger partial charge in [0, 0.05) is 13.0 Å². The van der Waals surface area contributed by atoms with Gasteiger partial charge in [-0.3, -0.25) is 13.8 Å². The molecule has 8 nitrogen and oxygen atoms in total. The lowest BCUT2D eigenvalue weighted by atomic mass is 10.1. The van der Waals surface area contributed by atoms with E-state index in [4.69, 9.17) is 15.0 Å². The minimum Gasteiger partial charge on any atom is -0.457 e. The fourth-order valence-corrected chi connectivity index (χ4v) is 3.50. The molecule has 0 aliphatic rings. The van der Waals surface area contributed by atoms with Gasteiger partial charge in [0.05, 0.1) is 19.8 Å². The fraction of sp³-hybridized carbons (Fsp3) is 0.857. The SMILES string of the molecule is CCCCCCC=CCCCCCCCC(=O)OC(CO)COP(=O)(O)OCCN. The van der Waals surface area contributed by atoms with E-state index in [0.29, 0.717) is 6.42 Å². The van der Waals surface area contributed by atoms with E-state index in [9.17, 15) is 19.4 Å². The van der Waals surface area contributed by atoms with Crippen LogP contribution < -0.4 is 5.73 Å². The van der Waals surface area contributed by atoms with E-state index in [1.807, 2.05) is 0 Å². The summed E-state index contributed by atoms with van der Waals surface area (Å²) in [5, 5.41) is 9.24. The number of hydrogen-bond donors (Lipinski definition) is 3. The van der Waals surface area contributed by atoms with Crippen LogP contribution in [0.1, 0.15) is 84.0 Å². The molecule has 0 bridgehead atoms. The molecule has 0 aromatic heterocycles. The van der Waals surface area contributed by atoms with Crippen molar-refractivity contribution in [1.29, 1.82) is 0 Å². The van der Waals surface area contributed by atoms with Crippen LogP contribution in [0.4, 0.5) is 0 Å². The minimum atomic E-state index is -4.26. The highest BCUT2D eigenvalue weighted by Gasteiger charge is 2.24. The lowest BCUT2D eigenvalue weighted by Crippen LogP contribution is -2.27. The van der Waals surface area contributed by atoms with Crippen LogP contribution in [0.2, 0.25) is 0 Å². The van der Waals surface area contributed by atoms with E-state index in [2.05, 4.69) is 23.6 Å². The van der Waals surface area contributed by atoms with Gasteiger partial charge in [0.25, 0.3) is 0 Å². The monoisotopic (exact) mass is 451 g/mol. The zero-order valence-corrected chi connectivity index (χ0v) is 19.4. The predicted molar refractivity (Wildman–Crippen MR) is 118 cm³/mol. The van der Waals surface area contributed by atoms with Gasteiger partial charge in [-0.1, -0.05) is 57.6 Å². The van der Waals surface area contributed by atoms with Crippen LogP contribution in [-0.2, 0) is 23.1 Å². The first-order valence-corrected chi connectivity index (χ1v) is 12.7. The molecule has 9 heteroatoms. The average molecular weight is 452 g/mol. The molecule has 2 unspecified atom stereocenters. The van der Waals surface area contributed by atoms with Gasteiger partial charge in [0.2, 0.25) is 0 Å². The Bertz CT molecular complexity index is 488. The molecule has 0 aromatic carbocycles. The van der Waals surface area contributed by atoms with Gasteiger partial charge in [-0.05, 0) is 32.1 Å². The number of esters is 1. The Morgan fingerprint density at radius 2 is 1.60 bits per heavy atom. The summed E-state index contributed by atoms with van der Waals surface area (Å²) in [6, 6.07) is 0. The van der Waals surface area contributed by atoms with Crippen molar-refractivity contribution in [2.24, 2.45) is 5.73 Å². The Morgan fingerprint density at radius 1 is 1.00 bits per heavy atom. The van der Waals surface area contributed by atoms with Crippen molar-refractivity contribution >= 4 is 13.8 Å². The summed E-state index contributed by atoms with van der Waals surface area (Å²) in [4.78, 5) is 21.2. The molecule has 0 fully saturated rings. The molecule has 0 heterocycles. The number of carbonyl (C=O) groups excluding carboxylic acids is 1. The molecule has 0 amide bonds. The predicted octanol–water partition coefficient (Wildman–Crippen LogP) is 4.24. The van der Waals surface area contributed by atoms with Crippen molar-refractivity contribution < 1.29 is 33.1 Å². The Morgan fingerprint density at radius 3 is 2.20 bits per heavy atom. The van der Waals surface area contributed by atoms with E-state index in [0.717, 1.165) is 32.1 Å². The first-order valence-electron chi connectivity index (χ1n) is 11.2.